The lowest BCUT2D eigenvalue weighted by Crippen LogP contribution is -2.52. The van der Waals surface area contributed by atoms with Gasteiger partial charge in [0, 0.05) is 36.7 Å². The normalized spacial score (nSPS) is 29.8. The molecule has 5 rings (SSSR count). The van der Waals surface area contributed by atoms with Crippen LogP contribution in [0, 0.1) is 5.92 Å². The van der Waals surface area contributed by atoms with E-state index in [0.29, 0.717) is 16.9 Å². The van der Waals surface area contributed by atoms with E-state index in [1.807, 2.05) is 54.6 Å². The van der Waals surface area contributed by atoms with E-state index < -0.39 is 29.1 Å². The minimum absolute atomic E-state index is 0.204. The van der Waals surface area contributed by atoms with Gasteiger partial charge in [-0.2, -0.15) is 0 Å². The molecule has 1 fully saturated rings. The fourth-order valence-electron chi connectivity index (χ4n) is 5.44. The topological polar surface area (TPSA) is 82.9 Å². The summed E-state index contributed by atoms with van der Waals surface area (Å²) in [6.07, 6.45) is -0.0445. The lowest BCUT2D eigenvalue weighted by atomic mass is 9.71. The third-order valence-corrected chi connectivity index (χ3v) is 7.54. The molecule has 8 heteroatoms. The molecule has 2 aliphatic rings. The highest BCUT2D eigenvalue weighted by Crippen LogP contribution is 2.68. The Morgan fingerprint density at radius 1 is 1.15 bits per heavy atom. The van der Waals surface area contributed by atoms with Crippen LogP contribution in [0.25, 0.3) is 0 Å². The molecular weight excluding hydrogens is 508 g/mol. The number of rotatable bonds is 3. The van der Waals surface area contributed by atoms with Crippen molar-refractivity contribution in [2.24, 2.45) is 5.92 Å². The van der Waals surface area contributed by atoms with E-state index in [9.17, 15) is 15.0 Å². The quantitative estimate of drug-likeness (QED) is 0.504. The second kappa shape index (κ2) is 7.81. The van der Waals surface area contributed by atoms with Gasteiger partial charge in [0.1, 0.15) is 17.0 Å². The standard InChI is InChI=1S/C25H22BrClN2O4/c1-29(2)23(31)20-21(14-6-4-3-5-7-14)25(15-8-10-16(26)11-9-15)24(32,22(20)30)17-13-28-19(27)12-18(17)33-25/h3-13,20-22,30,32H,1-2H3/t20-,21-,22-,24?,25+/m1/s1. The van der Waals surface area contributed by atoms with Gasteiger partial charge in [0.25, 0.3) is 0 Å². The second-order valence-corrected chi connectivity index (χ2v) is 10.0. The Kier molecular flexibility index (Phi) is 5.29. The maximum atomic E-state index is 13.5. The summed E-state index contributed by atoms with van der Waals surface area (Å²) in [6.45, 7) is 0. The fourth-order valence-corrected chi connectivity index (χ4v) is 5.86. The number of hydrogen-bond acceptors (Lipinski definition) is 5. The molecule has 1 amide bonds. The average Bonchev–Trinajstić information content (AvgIpc) is 3.17. The van der Waals surface area contributed by atoms with Gasteiger partial charge in [-0.05, 0) is 23.3 Å². The van der Waals surface area contributed by atoms with Gasteiger partial charge < -0.3 is 19.8 Å². The number of carbonyl (C=O) groups excluding carboxylic acids is 1. The summed E-state index contributed by atoms with van der Waals surface area (Å²) in [4.78, 5) is 19.0. The van der Waals surface area contributed by atoms with E-state index in [-0.39, 0.29) is 11.1 Å². The minimum atomic E-state index is -1.95. The summed E-state index contributed by atoms with van der Waals surface area (Å²) in [6, 6.07) is 18.3. The van der Waals surface area contributed by atoms with Gasteiger partial charge in [0.05, 0.1) is 11.5 Å². The molecule has 1 unspecified atom stereocenters. The zero-order chi connectivity index (χ0) is 23.5. The number of pyridine rings is 1. The van der Waals surface area contributed by atoms with Gasteiger partial charge in [-0.15, -0.1) is 0 Å². The molecule has 1 saturated carbocycles. The van der Waals surface area contributed by atoms with Gasteiger partial charge in [-0.1, -0.05) is 70.0 Å². The Morgan fingerprint density at radius 2 is 1.82 bits per heavy atom. The zero-order valence-electron chi connectivity index (χ0n) is 17.9. The van der Waals surface area contributed by atoms with E-state index in [2.05, 4.69) is 20.9 Å². The van der Waals surface area contributed by atoms with Crippen LogP contribution >= 0.6 is 27.5 Å². The average molecular weight is 530 g/mol. The SMILES string of the molecule is CN(C)C(=O)[C@H]1[C@@H](O)C2(O)c3cnc(Cl)cc3O[C@@]2(c2ccc(Br)cc2)[C@@H]1c1ccccc1. The highest BCUT2D eigenvalue weighted by molar-refractivity contribution is 9.10. The van der Waals surface area contributed by atoms with E-state index in [4.69, 9.17) is 16.3 Å². The molecule has 2 aromatic carbocycles. The van der Waals surface area contributed by atoms with Gasteiger partial charge in [-0.25, -0.2) is 4.98 Å². The maximum absolute atomic E-state index is 13.5. The monoisotopic (exact) mass is 528 g/mol. The third-order valence-electron chi connectivity index (χ3n) is 6.80. The van der Waals surface area contributed by atoms with Crippen LogP contribution in [0.15, 0.2) is 71.3 Å². The van der Waals surface area contributed by atoms with Crippen LogP contribution < -0.4 is 4.74 Å². The highest BCUT2D eigenvalue weighted by atomic mass is 79.9. The summed E-state index contributed by atoms with van der Waals surface area (Å²) in [5.41, 5.74) is -1.76. The van der Waals surface area contributed by atoms with Crippen molar-refractivity contribution in [2.75, 3.05) is 14.1 Å². The molecule has 3 aromatic rings. The number of amides is 1. The zero-order valence-corrected chi connectivity index (χ0v) is 20.3. The van der Waals surface area contributed by atoms with Crippen LogP contribution in [0.1, 0.15) is 22.6 Å². The molecule has 170 valence electrons. The van der Waals surface area contributed by atoms with Crippen LogP contribution in [0.2, 0.25) is 5.15 Å². The molecule has 0 radical (unpaired) electrons. The number of nitrogens with zero attached hydrogens (tertiary/aromatic N) is 2. The Balaban J connectivity index is 1.87. The van der Waals surface area contributed by atoms with Crippen LogP contribution in [-0.4, -0.2) is 46.2 Å². The van der Waals surface area contributed by atoms with Crippen molar-refractivity contribution in [1.82, 2.24) is 9.88 Å². The molecule has 0 bridgehead atoms. The number of halogens is 2. The van der Waals surface area contributed by atoms with Crippen molar-refractivity contribution in [3.63, 3.8) is 0 Å². The van der Waals surface area contributed by atoms with E-state index in [1.54, 1.807) is 14.1 Å². The summed E-state index contributed by atoms with van der Waals surface area (Å²) in [5.74, 6) is -1.65. The molecule has 1 aromatic heterocycles. The van der Waals surface area contributed by atoms with Gasteiger partial charge in [0.2, 0.25) is 5.91 Å². The highest BCUT2D eigenvalue weighted by Gasteiger charge is 2.77. The van der Waals surface area contributed by atoms with Crippen molar-refractivity contribution < 1.29 is 19.7 Å². The molecule has 33 heavy (non-hydrogen) atoms. The number of ether oxygens (including phenoxy) is 1. The molecule has 1 aliphatic heterocycles. The largest absolute Gasteiger partial charge is 0.478 e. The molecule has 0 saturated heterocycles. The minimum Gasteiger partial charge on any atom is -0.478 e. The van der Waals surface area contributed by atoms with Crippen LogP contribution in [-0.2, 0) is 16.0 Å². The Morgan fingerprint density at radius 3 is 2.45 bits per heavy atom. The molecule has 0 spiro atoms. The number of aliphatic hydroxyl groups is 2. The summed E-state index contributed by atoms with van der Waals surface area (Å²) < 4.78 is 7.45. The first kappa shape index (κ1) is 22.3. The number of hydrogen-bond donors (Lipinski definition) is 2. The maximum Gasteiger partial charge on any atom is 0.228 e. The lowest BCUT2D eigenvalue weighted by molar-refractivity contribution is -0.156. The molecule has 1 aliphatic carbocycles. The van der Waals surface area contributed by atoms with E-state index >= 15 is 0 Å². The fraction of sp³-hybridized carbons (Fsp3) is 0.280. The molecule has 2 N–H and O–H groups in total. The molecule has 5 atom stereocenters. The van der Waals surface area contributed by atoms with Crippen molar-refractivity contribution in [1.29, 1.82) is 0 Å². The van der Waals surface area contributed by atoms with Gasteiger partial charge >= 0.3 is 0 Å². The Labute approximate surface area is 204 Å². The summed E-state index contributed by atoms with van der Waals surface area (Å²) in [7, 11) is 3.27. The number of aromatic nitrogens is 1. The van der Waals surface area contributed by atoms with Crippen molar-refractivity contribution in [2.45, 2.75) is 23.2 Å². The van der Waals surface area contributed by atoms with Gasteiger partial charge in [0.15, 0.2) is 11.2 Å². The number of aliphatic hydroxyl groups excluding tert-OH is 1. The first-order valence-corrected chi connectivity index (χ1v) is 11.7. The predicted octanol–water partition coefficient (Wildman–Crippen LogP) is 3.84. The number of fused-ring (bicyclic) bond motifs is 3. The third kappa shape index (κ3) is 2.99. The van der Waals surface area contributed by atoms with Crippen LogP contribution in [0.4, 0.5) is 0 Å². The van der Waals surface area contributed by atoms with Crippen molar-refractivity contribution in [3.8, 4) is 5.75 Å². The Bertz CT molecular complexity index is 1220. The Hall–Kier alpha value is -2.45. The molecule has 6 nitrogen and oxygen atoms in total. The first-order chi connectivity index (χ1) is 15.7. The van der Waals surface area contributed by atoms with E-state index in [1.165, 1.54) is 17.2 Å². The lowest BCUT2D eigenvalue weighted by Gasteiger charge is -2.40. The first-order valence-electron chi connectivity index (χ1n) is 10.5. The van der Waals surface area contributed by atoms with Crippen molar-refractivity contribution >= 4 is 33.4 Å². The van der Waals surface area contributed by atoms with Crippen LogP contribution in [0.3, 0.4) is 0 Å². The number of benzene rings is 2. The van der Waals surface area contributed by atoms with Crippen molar-refractivity contribution in [3.05, 3.63) is 93.2 Å². The van der Waals surface area contributed by atoms with E-state index in [0.717, 1.165) is 10.0 Å². The predicted molar refractivity (Wildman–Crippen MR) is 127 cm³/mol. The molecule has 2 heterocycles. The summed E-state index contributed by atoms with van der Waals surface area (Å²) >= 11 is 9.61. The van der Waals surface area contributed by atoms with Gasteiger partial charge in [-0.3, -0.25) is 4.79 Å². The smallest absolute Gasteiger partial charge is 0.228 e. The summed E-state index contributed by atoms with van der Waals surface area (Å²) in [5, 5.41) is 24.3. The second-order valence-electron chi connectivity index (χ2n) is 8.71. The van der Waals surface area contributed by atoms with Crippen LogP contribution in [0.5, 0.6) is 5.75 Å². The number of carbonyl (C=O) groups is 1. The molecular formula is C25H22BrClN2O4.